The highest BCUT2D eigenvalue weighted by Crippen LogP contribution is 2.25. The predicted octanol–water partition coefficient (Wildman–Crippen LogP) is 2.47. The molecular formula is C15H17NO3. The maximum absolute atomic E-state index is 9.30. The van der Waals surface area contributed by atoms with Gasteiger partial charge in [-0.3, -0.25) is 4.98 Å². The van der Waals surface area contributed by atoms with Crippen LogP contribution in [0.1, 0.15) is 16.8 Å². The third kappa shape index (κ3) is 3.23. The molecule has 0 saturated carbocycles. The molecule has 0 unspecified atom stereocenters. The summed E-state index contributed by atoms with van der Waals surface area (Å²) >= 11 is 0. The van der Waals surface area contributed by atoms with Crippen LogP contribution in [0.2, 0.25) is 0 Å². The Kier molecular flexibility index (Phi) is 4.36. The Bertz CT molecular complexity index is 555. The summed E-state index contributed by atoms with van der Waals surface area (Å²) < 4.78 is 10.9. The number of aliphatic hydroxyl groups excluding tert-OH is 1. The van der Waals surface area contributed by atoms with E-state index in [0.717, 1.165) is 16.8 Å². The van der Waals surface area contributed by atoms with E-state index in [1.807, 2.05) is 19.1 Å². The molecule has 0 atom stereocenters. The highest BCUT2D eigenvalue weighted by Gasteiger charge is 2.07. The van der Waals surface area contributed by atoms with Gasteiger partial charge < -0.3 is 14.6 Å². The fourth-order valence-corrected chi connectivity index (χ4v) is 1.74. The Morgan fingerprint density at radius 3 is 2.79 bits per heavy atom. The van der Waals surface area contributed by atoms with Crippen LogP contribution >= 0.6 is 0 Å². The van der Waals surface area contributed by atoms with E-state index in [4.69, 9.17) is 9.47 Å². The summed E-state index contributed by atoms with van der Waals surface area (Å²) in [5.41, 5.74) is 2.69. The number of rotatable bonds is 5. The molecule has 0 spiro atoms. The Morgan fingerprint density at radius 1 is 1.26 bits per heavy atom. The van der Waals surface area contributed by atoms with Crippen molar-refractivity contribution < 1.29 is 14.6 Å². The van der Waals surface area contributed by atoms with Crippen LogP contribution in [-0.4, -0.2) is 17.2 Å². The van der Waals surface area contributed by atoms with Crippen molar-refractivity contribution in [1.82, 2.24) is 4.98 Å². The van der Waals surface area contributed by atoms with Gasteiger partial charge in [0.25, 0.3) is 0 Å². The molecule has 1 aromatic heterocycles. The second-order valence-electron chi connectivity index (χ2n) is 4.19. The number of nitrogens with zero attached hydrogens (tertiary/aromatic N) is 1. The SMILES string of the molecule is COc1ccc(CO)c(OCc2ncccc2C)c1. The third-order valence-electron chi connectivity index (χ3n) is 2.93. The highest BCUT2D eigenvalue weighted by atomic mass is 16.5. The lowest BCUT2D eigenvalue weighted by Crippen LogP contribution is -2.02. The van der Waals surface area contributed by atoms with Crippen molar-refractivity contribution in [2.45, 2.75) is 20.1 Å². The first-order chi connectivity index (χ1) is 9.24. The van der Waals surface area contributed by atoms with Gasteiger partial charge in [0, 0.05) is 17.8 Å². The second-order valence-corrected chi connectivity index (χ2v) is 4.19. The molecule has 0 bridgehead atoms. The summed E-state index contributed by atoms with van der Waals surface area (Å²) in [6.07, 6.45) is 1.74. The summed E-state index contributed by atoms with van der Waals surface area (Å²) in [6.45, 7) is 2.29. The monoisotopic (exact) mass is 259 g/mol. The molecule has 2 rings (SSSR count). The maximum atomic E-state index is 9.30. The molecule has 0 radical (unpaired) electrons. The molecule has 0 saturated heterocycles. The quantitative estimate of drug-likeness (QED) is 0.896. The van der Waals surface area contributed by atoms with Gasteiger partial charge in [-0.2, -0.15) is 0 Å². The van der Waals surface area contributed by atoms with Gasteiger partial charge in [-0.05, 0) is 30.7 Å². The van der Waals surface area contributed by atoms with E-state index in [2.05, 4.69) is 4.98 Å². The van der Waals surface area contributed by atoms with Crippen molar-refractivity contribution in [3.05, 3.63) is 53.3 Å². The van der Waals surface area contributed by atoms with Crippen molar-refractivity contribution >= 4 is 0 Å². The molecule has 4 nitrogen and oxygen atoms in total. The van der Waals surface area contributed by atoms with Gasteiger partial charge in [0.1, 0.15) is 18.1 Å². The van der Waals surface area contributed by atoms with E-state index in [9.17, 15) is 5.11 Å². The van der Waals surface area contributed by atoms with Gasteiger partial charge in [0.05, 0.1) is 19.4 Å². The number of aliphatic hydroxyl groups is 1. The maximum Gasteiger partial charge on any atom is 0.130 e. The van der Waals surface area contributed by atoms with E-state index in [1.54, 1.807) is 31.5 Å². The number of hydrogen-bond acceptors (Lipinski definition) is 4. The Labute approximate surface area is 112 Å². The van der Waals surface area contributed by atoms with E-state index in [1.165, 1.54) is 0 Å². The molecule has 0 aliphatic carbocycles. The molecule has 0 aliphatic heterocycles. The Hall–Kier alpha value is -2.07. The van der Waals surface area contributed by atoms with Crippen LogP contribution in [0.25, 0.3) is 0 Å². The standard InChI is InChI=1S/C15H17NO3/c1-11-4-3-7-16-14(11)10-19-15-8-13(18-2)6-5-12(15)9-17/h3-8,17H,9-10H2,1-2H3. The Morgan fingerprint density at radius 2 is 2.11 bits per heavy atom. The zero-order chi connectivity index (χ0) is 13.7. The summed E-state index contributed by atoms with van der Waals surface area (Å²) in [4.78, 5) is 4.27. The van der Waals surface area contributed by atoms with E-state index in [-0.39, 0.29) is 6.61 Å². The number of aromatic nitrogens is 1. The normalized spacial score (nSPS) is 10.3. The van der Waals surface area contributed by atoms with Gasteiger partial charge in [-0.1, -0.05) is 6.07 Å². The van der Waals surface area contributed by atoms with Gasteiger partial charge in [-0.15, -0.1) is 0 Å². The van der Waals surface area contributed by atoms with Crippen molar-refractivity contribution in [3.8, 4) is 11.5 Å². The van der Waals surface area contributed by atoms with Crippen molar-refractivity contribution in [1.29, 1.82) is 0 Å². The van der Waals surface area contributed by atoms with Crippen molar-refractivity contribution in [3.63, 3.8) is 0 Å². The van der Waals surface area contributed by atoms with Crippen LogP contribution < -0.4 is 9.47 Å². The van der Waals surface area contributed by atoms with E-state index >= 15 is 0 Å². The van der Waals surface area contributed by atoms with Crippen LogP contribution in [-0.2, 0) is 13.2 Å². The summed E-state index contributed by atoms with van der Waals surface area (Å²) in [6, 6.07) is 9.24. The van der Waals surface area contributed by atoms with Gasteiger partial charge in [0.15, 0.2) is 0 Å². The summed E-state index contributed by atoms with van der Waals surface area (Å²) in [5.74, 6) is 1.32. The van der Waals surface area contributed by atoms with Gasteiger partial charge in [0.2, 0.25) is 0 Å². The fourth-order valence-electron chi connectivity index (χ4n) is 1.74. The van der Waals surface area contributed by atoms with Crippen molar-refractivity contribution in [2.24, 2.45) is 0 Å². The minimum atomic E-state index is -0.0689. The van der Waals surface area contributed by atoms with E-state index in [0.29, 0.717) is 18.1 Å². The highest BCUT2D eigenvalue weighted by molar-refractivity contribution is 5.40. The molecule has 1 heterocycles. The zero-order valence-electron chi connectivity index (χ0n) is 11.1. The zero-order valence-corrected chi connectivity index (χ0v) is 11.1. The third-order valence-corrected chi connectivity index (χ3v) is 2.93. The molecule has 2 aromatic rings. The van der Waals surface area contributed by atoms with E-state index < -0.39 is 0 Å². The first-order valence-corrected chi connectivity index (χ1v) is 6.05. The largest absolute Gasteiger partial charge is 0.497 e. The number of ether oxygens (including phenoxy) is 2. The molecule has 0 aliphatic rings. The number of aryl methyl sites for hydroxylation is 1. The molecule has 1 aromatic carbocycles. The van der Waals surface area contributed by atoms with Gasteiger partial charge >= 0.3 is 0 Å². The molecule has 100 valence electrons. The summed E-state index contributed by atoms with van der Waals surface area (Å²) in [5, 5.41) is 9.30. The molecule has 19 heavy (non-hydrogen) atoms. The van der Waals surface area contributed by atoms with Crippen LogP contribution in [0.15, 0.2) is 36.5 Å². The average Bonchev–Trinajstić information content (AvgIpc) is 2.46. The van der Waals surface area contributed by atoms with Crippen molar-refractivity contribution in [2.75, 3.05) is 7.11 Å². The average molecular weight is 259 g/mol. The lowest BCUT2D eigenvalue weighted by atomic mass is 10.2. The molecule has 0 amide bonds. The minimum Gasteiger partial charge on any atom is -0.497 e. The molecule has 0 fully saturated rings. The van der Waals surface area contributed by atoms with Crippen LogP contribution in [0.4, 0.5) is 0 Å². The molecule has 1 N–H and O–H groups in total. The van der Waals surface area contributed by atoms with Crippen LogP contribution in [0, 0.1) is 6.92 Å². The Balaban J connectivity index is 2.16. The number of benzene rings is 1. The number of methoxy groups -OCH3 is 1. The second kappa shape index (κ2) is 6.20. The van der Waals surface area contributed by atoms with Crippen LogP contribution in [0.5, 0.6) is 11.5 Å². The van der Waals surface area contributed by atoms with Gasteiger partial charge in [-0.25, -0.2) is 0 Å². The van der Waals surface area contributed by atoms with Crippen LogP contribution in [0.3, 0.4) is 0 Å². The fraction of sp³-hybridized carbons (Fsp3) is 0.267. The topological polar surface area (TPSA) is 51.6 Å². The smallest absolute Gasteiger partial charge is 0.130 e. The molecular weight excluding hydrogens is 242 g/mol. The predicted molar refractivity (Wildman–Crippen MR) is 72.2 cm³/mol. The number of pyridine rings is 1. The first kappa shape index (κ1) is 13.4. The first-order valence-electron chi connectivity index (χ1n) is 6.05. The minimum absolute atomic E-state index is 0.0689. The lowest BCUT2D eigenvalue weighted by molar-refractivity contribution is 0.256. The molecule has 4 heteroatoms. The number of hydrogen-bond donors (Lipinski definition) is 1. The lowest BCUT2D eigenvalue weighted by Gasteiger charge is -2.12. The summed E-state index contributed by atoms with van der Waals surface area (Å²) in [7, 11) is 1.60.